The van der Waals surface area contributed by atoms with Crippen LogP contribution in [-0.4, -0.2) is 29.4 Å². The second kappa shape index (κ2) is 7.83. The lowest BCUT2D eigenvalue weighted by molar-refractivity contribution is -0.138. The highest BCUT2D eigenvalue weighted by Crippen LogP contribution is 2.29. The molecule has 3 rings (SSSR count). The van der Waals surface area contributed by atoms with Gasteiger partial charge in [0.25, 0.3) is 0 Å². The predicted octanol–water partition coefficient (Wildman–Crippen LogP) is 2.71. The quantitative estimate of drug-likeness (QED) is 0.789. The molecule has 1 fully saturated rings. The van der Waals surface area contributed by atoms with Gasteiger partial charge in [-0.15, -0.1) is 11.3 Å². The average Bonchev–Trinajstić information content (AvgIpc) is 3.24. The van der Waals surface area contributed by atoms with Crippen molar-refractivity contribution in [1.29, 1.82) is 0 Å². The number of hydrogen-bond donors (Lipinski definition) is 2. The van der Waals surface area contributed by atoms with Crippen LogP contribution in [0.3, 0.4) is 0 Å². The summed E-state index contributed by atoms with van der Waals surface area (Å²) >= 11 is 1.32. The number of hydrogen-bond acceptors (Lipinski definition) is 4. The number of benzene rings is 1. The van der Waals surface area contributed by atoms with Gasteiger partial charge in [-0.25, -0.2) is 8.78 Å². The molecule has 0 saturated carbocycles. The maximum Gasteiger partial charge on any atom is 0.305 e. The minimum Gasteiger partial charge on any atom is -0.481 e. The summed E-state index contributed by atoms with van der Waals surface area (Å²) in [5.41, 5.74) is -0.0861. The van der Waals surface area contributed by atoms with E-state index in [2.05, 4.69) is 5.32 Å². The fourth-order valence-electron chi connectivity index (χ4n) is 2.99. The van der Waals surface area contributed by atoms with E-state index in [1.165, 1.54) is 11.3 Å². The molecule has 2 aromatic rings. The van der Waals surface area contributed by atoms with Crippen LogP contribution in [0.2, 0.25) is 0 Å². The molecule has 2 atom stereocenters. The number of aliphatic carboxylic acids is 1. The molecule has 1 aromatic heterocycles. The molecule has 1 aliphatic rings. The molecule has 27 heavy (non-hydrogen) atoms. The van der Waals surface area contributed by atoms with E-state index >= 15 is 0 Å². The maximum absolute atomic E-state index is 13.9. The molecule has 2 N–H and O–H groups in total. The van der Waals surface area contributed by atoms with Crippen LogP contribution in [0.15, 0.2) is 35.7 Å². The number of halogens is 2. The number of nitrogens with zero attached hydrogens (tertiary/aromatic N) is 1. The zero-order valence-electron chi connectivity index (χ0n) is 14.0. The number of carbonyl (C=O) groups is 3. The lowest BCUT2D eigenvalue weighted by Gasteiger charge is -2.19. The average molecular weight is 394 g/mol. The van der Waals surface area contributed by atoms with Crippen LogP contribution < -0.4 is 10.2 Å². The van der Waals surface area contributed by atoms with Crippen molar-refractivity contribution in [2.24, 2.45) is 5.92 Å². The van der Waals surface area contributed by atoms with E-state index in [1.54, 1.807) is 17.5 Å². The van der Waals surface area contributed by atoms with Gasteiger partial charge in [-0.3, -0.25) is 14.4 Å². The van der Waals surface area contributed by atoms with E-state index in [0.29, 0.717) is 10.9 Å². The van der Waals surface area contributed by atoms with Gasteiger partial charge in [0, 0.05) is 23.9 Å². The highest BCUT2D eigenvalue weighted by molar-refractivity contribution is 7.10. The Balaban J connectivity index is 1.72. The minimum atomic E-state index is -1.06. The van der Waals surface area contributed by atoms with Gasteiger partial charge < -0.3 is 15.3 Å². The van der Waals surface area contributed by atoms with E-state index in [1.807, 2.05) is 0 Å². The molecule has 1 aromatic carbocycles. The summed E-state index contributed by atoms with van der Waals surface area (Å²) < 4.78 is 27.0. The Kier molecular flexibility index (Phi) is 5.50. The molecule has 0 bridgehead atoms. The molecule has 0 aliphatic carbocycles. The number of anilines is 1. The van der Waals surface area contributed by atoms with E-state index in [-0.39, 0.29) is 25.1 Å². The molecule has 1 saturated heterocycles. The predicted molar refractivity (Wildman–Crippen MR) is 94.3 cm³/mol. The number of nitrogens with one attached hydrogen (secondary N) is 1. The zero-order valence-corrected chi connectivity index (χ0v) is 14.8. The van der Waals surface area contributed by atoms with Crippen molar-refractivity contribution in [3.8, 4) is 0 Å². The second-order valence-electron chi connectivity index (χ2n) is 6.18. The van der Waals surface area contributed by atoms with Crippen molar-refractivity contribution in [1.82, 2.24) is 5.32 Å². The Morgan fingerprint density at radius 2 is 2.11 bits per heavy atom. The first-order valence-electron chi connectivity index (χ1n) is 8.16. The van der Waals surface area contributed by atoms with Crippen molar-refractivity contribution in [3.63, 3.8) is 0 Å². The Bertz CT molecular complexity index is 872. The maximum atomic E-state index is 13.9. The molecular weight excluding hydrogens is 378 g/mol. The van der Waals surface area contributed by atoms with Gasteiger partial charge in [-0.05, 0) is 23.6 Å². The normalized spacial score (nSPS) is 17.8. The van der Waals surface area contributed by atoms with Gasteiger partial charge in [0.05, 0.1) is 24.1 Å². The molecule has 0 unspecified atom stereocenters. The number of amides is 2. The van der Waals surface area contributed by atoms with E-state index in [0.717, 1.165) is 17.0 Å². The van der Waals surface area contributed by atoms with E-state index in [4.69, 9.17) is 5.11 Å². The Morgan fingerprint density at radius 1 is 1.33 bits per heavy atom. The van der Waals surface area contributed by atoms with Crippen LogP contribution in [0.25, 0.3) is 0 Å². The smallest absolute Gasteiger partial charge is 0.305 e. The monoisotopic (exact) mass is 394 g/mol. The summed E-state index contributed by atoms with van der Waals surface area (Å²) in [6, 6.07) is 5.63. The molecule has 1 aliphatic heterocycles. The summed E-state index contributed by atoms with van der Waals surface area (Å²) in [4.78, 5) is 37.7. The number of rotatable bonds is 6. The number of carboxylic acid groups (broad SMARTS) is 1. The van der Waals surface area contributed by atoms with Crippen molar-refractivity contribution >= 4 is 34.8 Å². The standard InChI is InChI=1S/C18H16F2N2O4S/c19-11-3-4-14(12(20)7-11)22-9-10(6-16(22)23)18(26)21-13(8-17(24)25)15-2-1-5-27-15/h1-5,7,10,13H,6,8-9H2,(H,21,26)(H,24,25)/t10-,13+/m1/s1. The summed E-state index contributed by atoms with van der Waals surface area (Å²) in [7, 11) is 0. The number of thiophene rings is 1. The third kappa shape index (κ3) is 4.30. The molecule has 2 heterocycles. The zero-order chi connectivity index (χ0) is 19.6. The molecular formula is C18H16F2N2O4S. The summed E-state index contributed by atoms with van der Waals surface area (Å²) in [6.45, 7) is -0.0581. The highest BCUT2D eigenvalue weighted by atomic mass is 32.1. The molecule has 0 spiro atoms. The Labute approximate surface area is 157 Å². The van der Waals surface area contributed by atoms with Crippen LogP contribution >= 0.6 is 11.3 Å². The van der Waals surface area contributed by atoms with Crippen LogP contribution in [-0.2, 0) is 14.4 Å². The van der Waals surface area contributed by atoms with Gasteiger partial charge in [-0.2, -0.15) is 0 Å². The number of carboxylic acids is 1. The molecule has 9 heteroatoms. The topological polar surface area (TPSA) is 86.7 Å². The number of carbonyl (C=O) groups excluding carboxylic acids is 2. The van der Waals surface area contributed by atoms with Crippen molar-refractivity contribution < 1.29 is 28.3 Å². The fraction of sp³-hybridized carbons (Fsp3) is 0.278. The first-order chi connectivity index (χ1) is 12.8. The van der Waals surface area contributed by atoms with Crippen LogP contribution in [0.5, 0.6) is 0 Å². The minimum absolute atomic E-state index is 0.0581. The summed E-state index contributed by atoms with van der Waals surface area (Å²) in [5.74, 6) is -4.39. The lowest BCUT2D eigenvalue weighted by Crippen LogP contribution is -2.36. The highest BCUT2D eigenvalue weighted by Gasteiger charge is 2.37. The molecule has 2 amide bonds. The Hall–Kier alpha value is -2.81. The van der Waals surface area contributed by atoms with Gasteiger partial charge in [0.2, 0.25) is 11.8 Å². The fourth-order valence-corrected chi connectivity index (χ4v) is 3.77. The SMILES string of the molecule is O=C(O)C[C@H](NC(=O)[C@@H]1CC(=O)N(c2ccc(F)cc2F)C1)c1cccs1. The Morgan fingerprint density at radius 3 is 2.74 bits per heavy atom. The van der Waals surface area contributed by atoms with Gasteiger partial charge in [0.15, 0.2) is 0 Å². The summed E-state index contributed by atoms with van der Waals surface area (Å²) in [6.07, 6.45) is -0.421. The first-order valence-corrected chi connectivity index (χ1v) is 9.04. The molecule has 0 radical (unpaired) electrons. The molecule has 6 nitrogen and oxygen atoms in total. The van der Waals surface area contributed by atoms with Crippen molar-refractivity contribution in [2.75, 3.05) is 11.4 Å². The van der Waals surface area contributed by atoms with Crippen LogP contribution in [0.1, 0.15) is 23.8 Å². The second-order valence-corrected chi connectivity index (χ2v) is 7.15. The van der Waals surface area contributed by atoms with Crippen molar-refractivity contribution in [3.05, 3.63) is 52.2 Å². The van der Waals surface area contributed by atoms with Gasteiger partial charge in [-0.1, -0.05) is 6.07 Å². The van der Waals surface area contributed by atoms with Gasteiger partial charge >= 0.3 is 5.97 Å². The van der Waals surface area contributed by atoms with Crippen LogP contribution in [0.4, 0.5) is 14.5 Å². The summed E-state index contributed by atoms with van der Waals surface area (Å²) in [5, 5.41) is 13.5. The lowest BCUT2D eigenvalue weighted by atomic mass is 10.1. The molecule has 142 valence electrons. The van der Waals surface area contributed by atoms with E-state index < -0.39 is 41.4 Å². The van der Waals surface area contributed by atoms with Crippen LogP contribution in [0, 0.1) is 17.6 Å². The largest absolute Gasteiger partial charge is 0.481 e. The van der Waals surface area contributed by atoms with E-state index in [9.17, 15) is 23.2 Å². The van der Waals surface area contributed by atoms with Crippen molar-refractivity contribution in [2.45, 2.75) is 18.9 Å². The van der Waals surface area contributed by atoms with Gasteiger partial charge in [0.1, 0.15) is 11.6 Å². The first kappa shape index (κ1) is 19.0. The third-order valence-corrected chi connectivity index (χ3v) is 5.26. The third-order valence-electron chi connectivity index (χ3n) is 4.28.